The molecule has 13 nitrogen and oxygen atoms in total. The van der Waals surface area contributed by atoms with Crippen molar-refractivity contribution >= 4 is 52.6 Å². The van der Waals surface area contributed by atoms with Crippen LogP contribution in [0.2, 0.25) is 0 Å². The molecule has 4 rings (SSSR count). The van der Waals surface area contributed by atoms with Gasteiger partial charge in [-0.05, 0) is 22.9 Å². The van der Waals surface area contributed by atoms with Gasteiger partial charge in [-0.1, -0.05) is 23.1 Å². The Balaban J connectivity index is 0.00000256. The molecule has 0 unspecified atom stereocenters. The van der Waals surface area contributed by atoms with E-state index in [0.29, 0.717) is 17.1 Å². The van der Waals surface area contributed by atoms with E-state index in [1.807, 2.05) is 6.92 Å². The third-order valence-corrected chi connectivity index (χ3v) is 7.54. The number of thioether (sulfide) groups is 2. The van der Waals surface area contributed by atoms with Crippen LogP contribution in [-0.2, 0) is 20.9 Å². The van der Waals surface area contributed by atoms with Crippen molar-refractivity contribution in [3.05, 3.63) is 22.6 Å². The number of β-lactam (4-membered cyclic amide) rings is 1. The van der Waals surface area contributed by atoms with E-state index in [2.05, 4.69) is 31.0 Å². The van der Waals surface area contributed by atoms with Crippen molar-refractivity contribution in [3.63, 3.8) is 0 Å². The number of tetrazole rings is 1. The predicted molar refractivity (Wildman–Crippen MR) is 106 cm³/mol. The molecule has 2 aromatic heterocycles. The summed E-state index contributed by atoms with van der Waals surface area (Å²) in [6.45, 7) is 1.72. The zero-order chi connectivity index (χ0) is 20.5. The van der Waals surface area contributed by atoms with Crippen molar-refractivity contribution < 1.29 is 25.0 Å². The Morgan fingerprint density at radius 3 is 2.83 bits per heavy atom. The highest BCUT2D eigenvalue weighted by Crippen LogP contribution is 2.41. The van der Waals surface area contributed by atoms with Gasteiger partial charge >= 0.3 is 5.97 Å². The molecule has 0 radical (unpaired) electrons. The molecular formula is C14H16N8O5S3. The first-order valence-corrected chi connectivity index (χ1v) is 11.1. The van der Waals surface area contributed by atoms with Gasteiger partial charge < -0.3 is 15.9 Å². The lowest BCUT2D eigenvalue weighted by Crippen LogP contribution is -2.70. The Bertz CT molecular complexity index is 994. The highest BCUT2D eigenvalue weighted by atomic mass is 32.2. The summed E-state index contributed by atoms with van der Waals surface area (Å²) in [7, 11) is 0. The number of carbonyl (C=O) groups is 3. The molecular weight excluding hydrogens is 456 g/mol. The van der Waals surface area contributed by atoms with E-state index in [1.165, 1.54) is 50.8 Å². The number of aliphatic carboxylic acids is 1. The average molecular weight is 473 g/mol. The van der Waals surface area contributed by atoms with E-state index in [-0.39, 0.29) is 17.7 Å². The summed E-state index contributed by atoms with van der Waals surface area (Å²) >= 11 is 4.24. The number of rotatable bonds is 7. The van der Waals surface area contributed by atoms with Gasteiger partial charge in [-0.25, -0.2) is 9.48 Å². The van der Waals surface area contributed by atoms with Crippen LogP contribution in [0.25, 0.3) is 0 Å². The minimum Gasteiger partial charge on any atom is -0.477 e. The van der Waals surface area contributed by atoms with Gasteiger partial charge in [-0.2, -0.15) is 0 Å². The second kappa shape index (κ2) is 9.07. The number of amides is 2. The second-order valence-corrected chi connectivity index (χ2v) is 9.60. The molecule has 4 N–H and O–H groups in total. The standard InChI is InChI=1S/C14H14N8O4S3.H2O/c1-6-17-18-14(29-6)28-4-7-3-27-12-9(11(24)22(12)10(7)13(25)26)16-8(23)2-21-5-15-19-20-21;/h5,9,12H,2-4H2,1H3,(H,16,23)(H,25,26);1H2/t9-,12-;/m1./s1. The third-order valence-electron chi connectivity index (χ3n) is 4.14. The molecule has 0 aromatic carbocycles. The number of nitrogens with one attached hydrogen (secondary N) is 1. The summed E-state index contributed by atoms with van der Waals surface area (Å²) in [6, 6.07) is -0.779. The first-order valence-electron chi connectivity index (χ1n) is 8.27. The Hall–Kier alpha value is -2.56. The first kappa shape index (κ1) is 22.1. The molecule has 1 fully saturated rings. The summed E-state index contributed by atoms with van der Waals surface area (Å²) in [5, 5.41) is 31.1. The topological polar surface area (TPSA) is 188 Å². The lowest BCUT2D eigenvalue weighted by molar-refractivity contribution is -0.150. The molecule has 2 aliphatic heterocycles. The van der Waals surface area contributed by atoms with E-state index < -0.39 is 29.2 Å². The van der Waals surface area contributed by atoms with Gasteiger partial charge in [0.25, 0.3) is 5.91 Å². The third kappa shape index (κ3) is 4.30. The number of fused-ring (bicyclic) bond motifs is 1. The maximum Gasteiger partial charge on any atom is 0.352 e. The van der Waals surface area contributed by atoms with Gasteiger partial charge in [0, 0.05) is 11.5 Å². The Morgan fingerprint density at radius 2 is 2.20 bits per heavy atom. The summed E-state index contributed by atoms with van der Waals surface area (Å²) in [4.78, 5) is 37.8. The fourth-order valence-corrected chi connectivity index (χ4v) is 6.20. The van der Waals surface area contributed by atoms with Gasteiger partial charge in [-0.3, -0.25) is 14.5 Å². The Labute approximate surface area is 181 Å². The van der Waals surface area contributed by atoms with E-state index in [1.54, 1.807) is 0 Å². The number of carboxylic acid groups (broad SMARTS) is 1. The maximum absolute atomic E-state index is 12.6. The smallest absolute Gasteiger partial charge is 0.352 e. The number of nitrogens with zero attached hydrogens (tertiary/aromatic N) is 7. The SMILES string of the molecule is Cc1nnc(SCC2=C(C(=O)O)N3C(=O)[C@@H](NC(=O)Cn4cnnn4)[C@H]3SC2)s1.O. The number of hydrogen-bond acceptors (Lipinski definition) is 11. The molecule has 1 saturated heterocycles. The Morgan fingerprint density at radius 1 is 1.40 bits per heavy atom. The average Bonchev–Trinajstić information content (AvgIpc) is 3.35. The lowest BCUT2D eigenvalue weighted by atomic mass is 10.0. The van der Waals surface area contributed by atoms with Crippen LogP contribution < -0.4 is 5.32 Å². The minimum absolute atomic E-state index is 0. The number of aryl methyl sites for hydroxylation is 1. The molecule has 2 aliphatic rings. The van der Waals surface area contributed by atoms with Crippen molar-refractivity contribution in [3.8, 4) is 0 Å². The molecule has 0 bridgehead atoms. The van der Waals surface area contributed by atoms with Crippen molar-refractivity contribution in [2.75, 3.05) is 11.5 Å². The largest absolute Gasteiger partial charge is 0.477 e. The van der Waals surface area contributed by atoms with Crippen molar-refractivity contribution in [2.45, 2.75) is 29.2 Å². The van der Waals surface area contributed by atoms with Gasteiger partial charge in [0.15, 0.2) is 4.34 Å². The van der Waals surface area contributed by atoms with Crippen LogP contribution in [-0.4, -0.2) is 86.6 Å². The molecule has 0 saturated carbocycles. The molecule has 2 amide bonds. The molecule has 0 aliphatic carbocycles. The molecule has 2 atom stereocenters. The van der Waals surface area contributed by atoms with Gasteiger partial charge in [0.05, 0.1) is 0 Å². The first-order chi connectivity index (χ1) is 13.9. The fourth-order valence-electron chi connectivity index (χ4n) is 2.90. The van der Waals surface area contributed by atoms with Crippen LogP contribution in [0.3, 0.4) is 0 Å². The highest BCUT2D eigenvalue weighted by Gasteiger charge is 2.54. The fraction of sp³-hybridized carbons (Fsp3) is 0.429. The predicted octanol–water partition coefficient (Wildman–Crippen LogP) is -1.46. The summed E-state index contributed by atoms with van der Waals surface area (Å²) < 4.78 is 1.98. The zero-order valence-corrected chi connectivity index (χ0v) is 17.8. The van der Waals surface area contributed by atoms with Crippen LogP contribution in [0.4, 0.5) is 0 Å². The summed E-state index contributed by atoms with van der Waals surface area (Å²) in [6.07, 6.45) is 1.29. The molecule has 0 spiro atoms. The molecule has 30 heavy (non-hydrogen) atoms. The number of hydrogen-bond donors (Lipinski definition) is 2. The quantitative estimate of drug-likeness (QED) is 0.354. The number of carboxylic acids is 1. The molecule has 2 aromatic rings. The zero-order valence-electron chi connectivity index (χ0n) is 15.4. The van der Waals surface area contributed by atoms with Crippen LogP contribution in [0.5, 0.6) is 0 Å². The van der Waals surface area contributed by atoms with Crippen molar-refractivity contribution in [2.24, 2.45) is 0 Å². The number of carbonyl (C=O) groups excluding carboxylic acids is 2. The van der Waals surface area contributed by atoms with Crippen LogP contribution >= 0.6 is 34.9 Å². The summed E-state index contributed by atoms with van der Waals surface area (Å²) in [5.74, 6) is -1.19. The van der Waals surface area contributed by atoms with E-state index in [4.69, 9.17) is 0 Å². The van der Waals surface area contributed by atoms with Crippen molar-refractivity contribution in [1.82, 2.24) is 40.6 Å². The van der Waals surface area contributed by atoms with Crippen molar-refractivity contribution in [1.29, 1.82) is 0 Å². The van der Waals surface area contributed by atoms with E-state index in [0.717, 1.165) is 9.35 Å². The lowest BCUT2D eigenvalue weighted by Gasteiger charge is -2.49. The van der Waals surface area contributed by atoms with Gasteiger partial charge in [0.2, 0.25) is 5.91 Å². The maximum atomic E-state index is 12.6. The number of aromatic nitrogens is 6. The van der Waals surface area contributed by atoms with E-state index in [9.17, 15) is 19.5 Å². The molecule has 4 heterocycles. The van der Waals surface area contributed by atoms with Crippen LogP contribution in [0.15, 0.2) is 21.9 Å². The normalized spacial score (nSPS) is 20.3. The Kier molecular flexibility index (Phi) is 6.69. The van der Waals surface area contributed by atoms with Crippen LogP contribution in [0.1, 0.15) is 5.01 Å². The molecule has 160 valence electrons. The van der Waals surface area contributed by atoms with Crippen LogP contribution in [0, 0.1) is 6.92 Å². The molecule has 16 heteroatoms. The monoisotopic (exact) mass is 472 g/mol. The van der Waals surface area contributed by atoms with Gasteiger partial charge in [0.1, 0.15) is 35.0 Å². The minimum atomic E-state index is -1.16. The summed E-state index contributed by atoms with van der Waals surface area (Å²) in [5.41, 5.74) is 0.627. The van der Waals surface area contributed by atoms with E-state index >= 15 is 0 Å². The second-order valence-electron chi connectivity index (χ2n) is 6.10. The highest BCUT2D eigenvalue weighted by molar-refractivity contribution is 8.01. The van der Waals surface area contributed by atoms with Gasteiger partial charge in [-0.15, -0.1) is 27.1 Å².